The average molecular weight is 399 g/mol. The first kappa shape index (κ1) is 19.5. The number of amides is 2. The number of hydrogen-bond donors (Lipinski definition) is 2. The molecule has 0 aliphatic rings. The van der Waals surface area contributed by atoms with Crippen molar-refractivity contribution in [3.8, 4) is 17.0 Å². The summed E-state index contributed by atoms with van der Waals surface area (Å²) >= 11 is 1.23. The third kappa shape index (κ3) is 4.52. The molecule has 0 radical (unpaired) electrons. The molecule has 6 nitrogen and oxygen atoms in total. The molecular weight excluding hydrogens is 381 g/mol. The Morgan fingerprint density at radius 3 is 2.46 bits per heavy atom. The zero-order valence-electron chi connectivity index (χ0n) is 15.2. The molecule has 0 unspecified atom stereocenters. The lowest BCUT2D eigenvalue weighted by atomic mass is 10.1. The number of thiazole rings is 1. The summed E-state index contributed by atoms with van der Waals surface area (Å²) < 4.78 is 18.9. The van der Waals surface area contributed by atoms with Gasteiger partial charge >= 0.3 is 0 Å². The molecule has 0 spiro atoms. The number of aryl methyl sites for hydroxylation is 1. The molecule has 0 bridgehead atoms. The Morgan fingerprint density at radius 2 is 1.75 bits per heavy atom. The summed E-state index contributed by atoms with van der Waals surface area (Å²) in [6, 6.07) is 15.1. The minimum Gasteiger partial charge on any atom is -0.478 e. The summed E-state index contributed by atoms with van der Waals surface area (Å²) in [4.78, 5) is 29.5. The second-order valence-corrected chi connectivity index (χ2v) is 7.11. The van der Waals surface area contributed by atoms with Crippen LogP contribution in [0.5, 0.6) is 5.75 Å². The summed E-state index contributed by atoms with van der Waals surface area (Å²) in [7, 11) is 0. The molecular formula is C20H18FN3O3S. The van der Waals surface area contributed by atoms with Crippen LogP contribution in [0.25, 0.3) is 11.3 Å². The summed E-state index contributed by atoms with van der Waals surface area (Å²) in [5, 5.41) is 0.728. The number of rotatable bonds is 5. The average Bonchev–Trinajstić information content (AvgIpc) is 3.10. The molecule has 0 saturated heterocycles. The zero-order chi connectivity index (χ0) is 20.1. The van der Waals surface area contributed by atoms with Gasteiger partial charge in [0.2, 0.25) is 0 Å². The van der Waals surface area contributed by atoms with Crippen molar-refractivity contribution < 1.29 is 18.7 Å². The third-order valence-electron chi connectivity index (χ3n) is 3.80. The number of hydrogen-bond acceptors (Lipinski definition) is 5. The van der Waals surface area contributed by atoms with E-state index in [9.17, 15) is 14.0 Å². The van der Waals surface area contributed by atoms with Gasteiger partial charge < -0.3 is 4.74 Å². The number of nitrogens with zero attached hydrogens (tertiary/aromatic N) is 1. The van der Waals surface area contributed by atoms with Crippen LogP contribution in [0.1, 0.15) is 21.6 Å². The Morgan fingerprint density at radius 1 is 1.07 bits per heavy atom. The van der Waals surface area contributed by atoms with Gasteiger partial charge in [-0.25, -0.2) is 9.37 Å². The highest BCUT2D eigenvalue weighted by molar-refractivity contribution is 7.14. The maximum atomic E-state index is 13.6. The molecule has 144 valence electrons. The SMILES string of the molecule is Cc1nc(-c2ccccc2)c(C(=O)NNC(=O)[C@H](C)Oc2ccccc2F)s1. The molecule has 2 N–H and O–H groups in total. The number of benzene rings is 2. The lowest BCUT2D eigenvalue weighted by molar-refractivity contribution is -0.128. The van der Waals surface area contributed by atoms with E-state index in [1.807, 2.05) is 30.3 Å². The van der Waals surface area contributed by atoms with E-state index >= 15 is 0 Å². The van der Waals surface area contributed by atoms with Crippen LogP contribution < -0.4 is 15.6 Å². The van der Waals surface area contributed by atoms with Gasteiger partial charge in [0.25, 0.3) is 11.8 Å². The van der Waals surface area contributed by atoms with Crippen molar-refractivity contribution in [2.75, 3.05) is 0 Å². The first-order valence-electron chi connectivity index (χ1n) is 8.50. The predicted molar refractivity (Wildman–Crippen MR) is 104 cm³/mol. The second kappa shape index (κ2) is 8.62. The first-order valence-corrected chi connectivity index (χ1v) is 9.31. The van der Waals surface area contributed by atoms with Crippen LogP contribution in [-0.4, -0.2) is 22.9 Å². The van der Waals surface area contributed by atoms with Crippen molar-refractivity contribution in [3.05, 3.63) is 70.3 Å². The fourth-order valence-corrected chi connectivity index (χ4v) is 3.27. The van der Waals surface area contributed by atoms with Gasteiger partial charge in [-0.1, -0.05) is 42.5 Å². The Bertz CT molecular complexity index is 991. The Hall–Kier alpha value is -3.26. The number of ether oxygens (including phenoxy) is 1. The molecule has 2 aromatic carbocycles. The van der Waals surface area contributed by atoms with E-state index in [1.165, 1.54) is 36.5 Å². The van der Waals surface area contributed by atoms with E-state index in [1.54, 1.807) is 13.0 Å². The standard InChI is InChI=1S/C20H18FN3O3S/c1-12(27-16-11-7-6-10-15(16)21)19(25)23-24-20(26)18-17(22-13(2)28-18)14-8-4-3-5-9-14/h3-12H,1-2H3,(H,23,25)(H,24,26)/t12-/m0/s1. The van der Waals surface area contributed by atoms with Crippen LogP contribution >= 0.6 is 11.3 Å². The smallest absolute Gasteiger partial charge is 0.282 e. The van der Waals surface area contributed by atoms with E-state index in [0.717, 1.165) is 10.6 Å². The van der Waals surface area contributed by atoms with E-state index in [2.05, 4.69) is 15.8 Å². The maximum absolute atomic E-state index is 13.6. The van der Waals surface area contributed by atoms with Crippen LogP contribution in [0, 0.1) is 12.7 Å². The minimum absolute atomic E-state index is 0.0408. The van der Waals surface area contributed by atoms with Crippen LogP contribution in [0.4, 0.5) is 4.39 Å². The largest absolute Gasteiger partial charge is 0.478 e. The van der Waals surface area contributed by atoms with Gasteiger partial charge in [0.05, 0.1) is 10.7 Å². The highest BCUT2D eigenvalue weighted by atomic mass is 32.1. The number of aromatic nitrogens is 1. The normalized spacial score (nSPS) is 11.5. The second-order valence-electron chi connectivity index (χ2n) is 5.91. The van der Waals surface area contributed by atoms with Gasteiger partial charge in [-0.15, -0.1) is 11.3 Å². The van der Waals surface area contributed by atoms with E-state index in [4.69, 9.17) is 4.74 Å². The lowest BCUT2D eigenvalue weighted by Gasteiger charge is -2.15. The number of carbonyl (C=O) groups is 2. The Kier molecular flexibility index (Phi) is 6.00. The van der Waals surface area contributed by atoms with Gasteiger partial charge in [-0.3, -0.25) is 20.4 Å². The van der Waals surface area contributed by atoms with Crippen LogP contribution in [0.3, 0.4) is 0 Å². The van der Waals surface area contributed by atoms with Gasteiger partial charge in [0.15, 0.2) is 17.7 Å². The molecule has 0 aliphatic heterocycles. The van der Waals surface area contributed by atoms with Crippen LogP contribution in [-0.2, 0) is 4.79 Å². The highest BCUT2D eigenvalue weighted by Gasteiger charge is 2.21. The zero-order valence-corrected chi connectivity index (χ0v) is 16.0. The number of carbonyl (C=O) groups excluding carboxylic acids is 2. The van der Waals surface area contributed by atoms with Crippen molar-refractivity contribution in [2.24, 2.45) is 0 Å². The lowest BCUT2D eigenvalue weighted by Crippen LogP contribution is -2.47. The number of hydrazine groups is 1. The molecule has 8 heteroatoms. The summed E-state index contributed by atoms with van der Waals surface area (Å²) in [6.45, 7) is 3.26. The maximum Gasteiger partial charge on any atom is 0.282 e. The Balaban J connectivity index is 1.64. The van der Waals surface area contributed by atoms with Crippen molar-refractivity contribution >= 4 is 23.2 Å². The van der Waals surface area contributed by atoms with E-state index in [0.29, 0.717) is 10.6 Å². The van der Waals surface area contributed by atoms with Crippen molar-refractivity contribution in [3.63, 3.8) is 0 Å². The predicted octanol–water partition coefficient (Wildman–Crippen LogP) is 3.49. The summed E-state index contributed by atoms with van der Waals surface area (Å²) in [5.41, 5.74) is 6.01. The molecule has 3 aromatic rings. The minimum atomic E-state index is -1.01. The van der Waals surface area contributed by atoms with E-state index in [-0.39, 0.29) is 5.75 Å². The highest BCUT2D eigenvalue weighted by Crippen LogP contribution is 2.27. The molecule has 3 rings (SSSR count). The quantitative estimate of drug-likeness (QED) is 0.644. The molecule has 0 aliphatic carbocycles. The Labute approximate surface area is 165 Å². The molecule has 1 atom stereocenters. The third-order valence-corrected chi connectivity index (χ3v) is 4.77. The van der Waals surface area contributed by atoms with Crippen molar-refractivity contribution in [1.29, 1.82) is 0 Å². The number of halogens is 1. The van der Waals surface area contributed by atoms with Gasteiger partial charge in [0.1, 0.15) is 4.88 Å². The molecule has 28 heavy (non-hydrogen) atoms. The molecule has 1 aromatic heterocycles. The van der Waals surface area contributed by atoms with Crippen molar-refractivity contribution in [1.82, 2.24) is 15.8 Å². The fourth-order valence-electron chi connectivity index (χ4n) is 2.43. The molecule has 2 amide bonds. The van der Waals surface area contributed by atoms with Gasteiger partial charge in [-0.2, -0.15) is 0 Å². The molecule has 1 heterocycles. The van der Waals surface area contributed by atoms with Crippen LogP contribution in [0.2, 0.25) is 0 Å². The van der Waals surface area contributed by atoms with Crippen LogP contribution in [0.15, 0.2) is 54.6 Å². The topological polar surface area (TPSA) is 80.3 Å². The van der Waals surface area contributed by atoms with Crippen molar-refractivity contribution in [2.45, 2.75) is 20.0 Å². The van der Waals surface area contributed by atoms with E-state index < -0.39 is 23.7 Å². The first-order chi connectivity index (χ1) is 13.5. The molecule has 0 fully saturated rings. The van der Waals surface area contributed by atoms with Gasteiger partial charge in [0, 0.05) is 5.56 Å². The number of para-hydroxylation sites is 1. The van der Waals surface area contributed by atoms with Gasteiger partial charge in [-0.05, 0) is 26.0 Å². The summed E-state index contributed by atoms with van der Waals surface area (Å²) in [6.07, 6.45) is -1.01. The summed E-state index contributed by atoms with van der Waals surface area (Å²) in [5.74, 6) is -1.71. The monoisotopic (exact) mass is 399 g/mol. The fraction of sp³-hybridized carbons (Fsp3) is 0.150. The molecule has 0 saturated carbocycles. The number of nitrogens with one attached hydrogen (secondary N) is 2.